The van der Waals surface area contributed by atoms with Crippen molar-refractivity contribution in [1.82, 2.24) is 5.32 Å². The molecule has 0 aliphatic carbocycles. The average Bonchev–Trinajstić information content (AvgIpc) is 2.28. The van der Waals surface area contributed by atoms with Crippen LogP contribution in [0.1, 0.15) is 31.9 Å². The number of alkyl halides is 3. The molecule has 0 unspecified atom stereocenters. The highest BCUT2D eigenvalue weighted by Crippen LogP contribution is 2.29. The van der Waals surface area contributed by atoms with Crippen LogP contribution in [-0.4, -0.2) is 6.54 Å². The summed E-state index contributed by atoms with van der Waals surface area (Å²) in [4.78, 5) is 0. The Morgan fingerprint density at radius 1 is 1.19 bits per heavy atom. The lowest BCUT2D eigenvalue weighted by Crippen LogP contribution is -2.13. The van der Waals surface area contributed by atoms with Crippen molar-refractivity contribution >= 4 is 0 Å². The number of hydrogen-bond donors (Lipinski definition) is 1. The largest absolute Gasteiger partial charge is 0.416 e. The fourth-order valence-electron chi connectivity index (χ4n) is 1.13. The molecule has 0 radical (unpaired) electrons. The summed E-state index contributed by atoms with van der Waals surface area (Å²) in [5.41, 5.74) is 0.0644. The third-order valence-corrected chi connectivity index (χ3v) is 1.83. The van der Waals surface area contributed by atoms with E-state index in [0.29, 0.717) is 12.1 Å². The summed E-state index contributed by atoms with van der Waals surface area (Å²) < 4.78 is 36.8. The maximum atomic E-state index is 12.3. The molecule has 0 aliphatic heterocycles. The molecule has 1 nitrogen and oxygen atoms in total. The van der Waals surface area contributed by atoms with E-state index in [2.05, 4.69) is 5.32 Å². The minimum absolute atomic E-state index is 0.473. The molecule has 0 aliphatic rings. The molecule has 0 amide bonds. The third-order valence-electron chi connectivity index (χ3n) is 1.83. The van der Waals surface area contributed by atoms with Crippen LogP contribution < -0.4 is 5.32 Å². The Kier molecular flexibility index (Phi) is 6.81. The topological polar surface area (TPSA) is 12.0 Å². The lowest BCUT2D eigenvalue weighted by molar-refractivity contribution is -0.137. The molecule has 0 aromatic heterocycles. The van der Waals surface area contributed by atoms with Crippen LogP contribution >= 0.6 is 0 Å². The smallest absolute Gasteiger partial charge is 0.313 e. The summed E-state index contributed by atoms with van der Waals surface area (Å²) in [6, 6.07) is 5.35. The molecule has 0 spiro atoms. The lowest BCUT2D eigenvalue weighted by atomic mass is 10.1. The van der Waals surface area contributed by atoms with Crippen molar-refractivity contribution in [1.29, 1.82) is 0 Å². The average molecular weight is 233 g/mol. The highest BCUT2D eigenvalue weighted by atomic mass is 19.4. The Morgan fingerprint density at radius 2 is 1.81 bits per heavy atom. The third kappa shape index (κ3) is 5.16. The normalized spacial score (nSPS) is 10.6. The number of hydrogen-bond acceptors (Lipinski definition) is 1. The van der Waals surface area contributed by atoms with Gasteiger partial charge >= 0.3 is 6.18 Å². The molecular formula is C12H18F3N. The van der Waals surface area contributed by atoms with Gasteiger partial charge in [-0.3, -0.25) is 0 Å². The van der Waals surface area contributed by atoms with E-state index in [-0.39, 0.29) is 0 Å². The molecule has 0 saturated carbocycles. The van der Waals surface area contributed by atoms with Gasteiger partial charge in [0.2, 0.25) is 0 Å². The first-order valence-electron chi connectivity index (χ1n) is 5.41. The summed E-state index contributed by atoms with van der Waals surface area (Å²) in [5, 5.41) is 2.98. The second-order valence-electron chi connectivity index (χ2n) is 2.98. The maximum absolute atomic E-state index is 12.3. The first kappa shape index (κ1) is 15.0. The molecule has 1 aromatic rings. The summed E-state index contributed by atoms with van der Waals surface area (Å²) in [6.45, 7) is 7.13. The summed E-state index contributed by atoms with van der Waals surface area (Å²) in [7, 11) is 0. The van der Waals surface area contributed by atoms with E-state index >= 15 is 0 Å². The molecule has 1 N–H and O–H groups in total. The molecule has 0 bridgehead atoms. The minimum Gasteiger partial charge on any atom is -0.313 e. The van der Waals surface area contributed by atoms with Gasteiger partial charge in [0.25, 0.3) is 0 Å². The van der Waals surface area contributed by atoms with Gasteiger partial charge in [0.15, 0.2) is 0 Å². The fourth-order valence-corrected chi connectivity index (χ4v) is 1.13. The number of halogens is 3. The van der Waals surface area contributed by atoms with E-state index in [9.17, 15) is 13.2 Å². The van der Waals surface area contributed by atoms with E-state index in [4.69, 9.17) is 0 Å². The highest BCUT2D eigenvalue weighted by Gasteiger charge is 2.30. The van der Waals surface area contributed by atoms with Crippen LogP contribution in [0.5, 0.6) is 0 Å². The van der Waals surface area contributed by atoms with Gasteiger partial charge in [-0.05, 0) is 18.2 Å². The molecule has 92 valence electrons. The molecule has 4 heteroatoms. The maximum Gasteiger partial charge on any atom is 0.416 e. The minimum atomic E-state index is -4.25. The van der Waals surface area contributed by atoms with E-state index in [1.165, 1.54) is 12.1 Å². The molecule has 16 heavy (non-hydrogen) atoms. The predicted molar refractivity (Wildman–Crippen MR) is 60.2 cm³/mol. The van der Waals surface area contributed by atoms with Gasteiger partial charge in [0.1, 0.15) is 0 Å². The van der Waals surface area contributed by atoms with Gasteiger partial charge in [-0.2, -0.15) is 13.2 Å². The molecule has 0 heterocycles. The van der Waals surface area contributed by atoms with Gasteiger partial charge in [-0.1, -0.05) is 39.0 Å². The first-order chi connectivity index (χ1) is 7.54. The Morgan fingerprint density at radius 3 is 2.31 bits per heavy atom. The van der Waals surface area contributed by atoms with Crippen molar-refractivity contribution in [3.05, 3.63) is 35.4 Å². The second-order valence-corrected chi connectivity index (χ2v) is 2.98. The first-order valence-corrected chi connectivity index (χ1v) is 5.41. The fraction of sp³-hybridized carbons (Fsp3) is 0.500. The van der Waals surface area contributed by atoms with Gasteiger partial charge < -0.3 is 5.32 Å². The molecular weight excluding hydrogens is 215 g/mol. The van der Waals surface area contributed by atoms with Crippen LogP contribution in [0.2, 0.25) is 0 Å². The number of nitrogens with one attached hydrogen (secondary N) is 1. The van der Waals surface area contributed by atoms with Crippen molar-refractivity contribution in [2.45, 2.75) is 33.5 Å². The quantitative estimate of drug-likeness (QED) is 0.836. The van der Waals surface area contributed by atoms with Crippen LogP contribution in [-0.2, 0) is 12.7 Å². The number of benzene rings is 1. The SMILES string of the molecule is CC.CCNCc1cccc(C(F)(F)F)c1. The zero-order chi connectivity index (χ0) is 12.6. The number of rotatable bonds is 3. The van der Waals surface area contributed by atoms with Gasteiger partial charge in [-0.15, -0.1) is 0 Å². The van der Waals surface area contributed by atoms with Gasteiger partial charge in [0, 0.05) is 6.54 Å². The Labute approximate surface area is 94.7 Å². The van der Waals surface area contributed by atoms with E-state index < -0.39 is 11.7 Å². The van der Waals surface area contributed by atoms with E-state index in [0.717, 1.165) is 12.6 Å². The van der Waals surface area contributed by atoms with E-state index in [1.54, 1.807) is 6.07 Å². The Hall–Kier alpha value is -1.03. The zero-order valence-electron chi connectivity index (χ0n) is 9.86. The monoisotopic (exact) mass is 233 g/mol. The molecule has 1 rings (SSSR count). The van der Waals surface area contributed by atoms with Crippen molar-refractivity contribution in [3.63, 3.8) is 0 Å². The lowest BCUT2D eigenvalue weighted by Gasteiger charge is -2.08. The molecule has 1 aromatic carbocycles. The van der Waals surface area contributed by atoms with Gasteiger partial charge in [0.05, 0.1) is 5.56 Å². The van der Waals surface area contributed by atoms with Crippen LogP contribution in [0, 0.1) is 0 Å². The van der Waals surface area contributed by atoms with Crippen molar-refractivity contribution in [2.24, 2.45) is 0 Å². The Bertz CT molecular complexity index is 295. The van der Waals surface area contributed by atoms with E-state index in [1.807, 2.05) is 20.8 Å². The molecule has 0 saturated heterocycles. The second kappa shape index (κ2) is 7.28. The predicted octanol–water partition coefficient (Wildman–Crippen LogP) is 3.84. The van der Waals surface area contributed by atoms with Crippen LogP contribution in [0.4, 0.5) is 13.2 Å². The van der Waals surface area contributed by atoms with Crippen molar-refractivity contribution < 1.29 is 13.2 Å². The molecule has 0 atom stereocenters. The van der Waals surface area contributed by atoms with Gasteiger partial charge in [-0.25, -0.2) is 0 Å². The van der Waals surface area contributed by atoms with Crippen molar-refractivity contribution in [2.75, 3.05) is 6.54 Å². The zero-order valence-corrected chi connectivity index (χ0v) is 9.86. The summed E-state index contributed by atoms with van der Waals surface area (Å²) in [6.07, 6.45) is -4.25. The summed E-state index contributed by atoms with van der Waals surface area (Å²) in [5.74, 6) is 0. The van der Waals surface area contributed by atoms with Crippen molar-refractivity contribution in [3.8, 4) is 0 Å². The van der Waals surface area contributed by atoms with Crippen LogP contribution in [0.15, 0.2) is 24.3 Å². The summed E-state index contributed by atoms with van der Waals surface area (Å²) >= 11 is 0. The molecule has 0 fully saturated rings. The van der Waals surface area contributed by atoms with Crippen LogP contribution in [0.25, 0.3) is 0 Å². The Balaban J connectivity index is 0.00000106. The standard InChI is InChI=1S/C10H12F3N.C2H6/c1-2-14-7-8-4-3-5-9(6-8)10(11,12)13;1-2/h3-6,14H,2,7H2,1H3;1-2H3. The van der Waals surface area contributed by atoms with Crippen LogP contribution in [0.3, 0.4) is 0 Å². The highest BCUT2D eigenvalue weighted by molar-refractivity contribution is 5.25.